The number of rotatable bonds is 3. The Kier molecular flexibility index (Phi) is 6.40. The number of quaternary nitrogens is 1. The molecule has 2 saturated heterocycles. The lowest BCUT2D eigenvalue weighted by Gasteiger charge is -2.67. The summed E-state index contributed by atoms with van der Waals surface area (Å²) in [5.74, 6) is -0.417. The molecule has 3 rings (SSSR count). The van der Waals surface area contributed by atoms with Crippen molar-refractivity contribution in [2.75, 3.05) is 14.1 Å². The van der Waals surface area contributed by atoms with Crippen molar-refractivity contribution in [2.45, 2.75) is 135 Å². The first kappa shape index (κ1) is 27.4. The fourth-order valence-corrected chi connectivity index (χ4v) is 9.13. The molecule has 6 nitrogen and oxygen atoms in total. The predicted molar refractivity (Wildman–Crippen MR) is 136 cm³/mol. The minimum absolute atomic E-state index is 0.0259. The van der Waals surface area contributed by atoms with E-state index in [1.54, 1.807) is 7.05 Å². The molecular weight excluding hydrogens is 428 g/mol. The summed E-state index contributed by atoms with van der Waals surface area (Å²) in [5.41, 5.74) is -2.75. The summed E-state index contributed by atoms with van der Waals surface area (Å²) < 4.78 is -0.157. The van der Waals surface area contributed by atoms with Gasteiger partial charge in [0.25, 0.3) is 0 Å². The smallest absolute Gasteiger partial charge is 0.481 e. The van der Waals surface area contributed by atoms with Gasteiger partial charge in [-0.15, -0.1) is 0 Å². The minimum Gasteiger partial charge on any atom is -0.481 e. The van der Waals surface area contributed by atoms with Crippen molar-refractivity contribution in [1.82, 2.24) is 4.90 Å². The van der Waals surface area contributed by atoms with E-state index >= 15 is 0 Å². The number of nitrogens with zero attached hydrogens (tertiary/aromatic N) is 2. The van der Waals surface area contributed by atoms with Crippen molar-refractivity contribution in [3.05, 3.63) is 0 Å². The molecule has 0 radical (unpaired) electrons. The summed E-state index contributed by atoms with van der Waals surface area (Å²) in [6, 6.07) is 0. The Hall–Kier alpha value is -1.14. The first-order chi connectivity index (χ1) is 15.2. The number of carboxylic acids is 1. The van der Waals surface area contributed by atoms with E-state index in [1.807, 2.05) is 27.7 Å². The monoisotopic (exact) mass is 479 g/mol. The van der Waals surface area contributed by atoms with Crippen LogP contribution in [0.2, 0.25) is 0 Å². The molecule has 3 fully saturated rings. The SMILES string of the molecule is CN1C(C)(C)CC(C2(C3(C(=O)O)CC(C)(C)[N+](C)(C(=O)O)C(C)(C)C3)CCCCC2)CC1(C)C. The van der Waals surface area contributed by atoms with E-state index in [9.17, 15) is 19.8 Å². The molecule has 2 heterocycles. The van der Waals surface area contributed by atoms with Gasteiger partial charge >= 0.3 is 12.1 Å². The molecule has 0 aromatic rings. The quantitative estimate of drug-likeness (QED) is 0.459. The average Bonchev–Trinajstić information content (AvgIpc) is 2.69. The normalized spacial score (nSPS) is 37.1. The largest absolute Gasteiger partial charge is 0.514 e. The van der Waals surface area contributed by atoms with Crippen LogP contribution in [-0.2, 0) is 4.79 Å². The van der Waals surface area contributed by atoms with Gasteiger partial charge in [0.15, 0.2) is 0 Å². The standard InChI is InChI=1S/C28H50N2O4/c1-23(2)16-20(17-24(3,4)29(23)9)27(14-12-11-13-15-27)28(21(31)32)18-25(5,6)30(10,22(33)34)26(7,8)19-28/h20H,11-19H2,1-10H3,(H-,31,32,33,34)/p+1. The summed E-state index contributed by atoms with van der Waals surface area (Å²) >= 11 is 0. The van der Waals surface area contributed by atoms with Gasteiger partial charge in [0.05, 0.1) is 12.5 Å². The fourth-order valence-electron chi connectivity index (χ4n) is 9.13. The maximum atomic E-state index is 13.6. The van der Waals surface area contributed by atoms with E-state index in [1.165, 1.54) is 0 Å². The van der Waals surface area contributed by atoms with Gasteiger partial charge in [-0.3, -0.25) is 9.69 Å². The summed E-state index contributed by atoms with van der Waals surface area (Å²) in [6.45, 7) is 17.2. The predicted octanol–water partition coefficient (Wildman–Crippen LogP) is 6.38. The highest BCUT2D eigenvalue weighted by Gasteiger charge is 2.73. The third-order valence-electron chi connectivity index (χ3n) is 11.5. The molecule has 0 aromatic carbocycles. The third kappa shape index (κ3) is 3.56. The van der Waals surface area contributed by atoms with Crippen molar-refractivity contribution in [3.63, 3.8) is 0 Å². The topological polar surface area (TPSA) is 77.8 Å². The number of aliphatic carboxylic acids is 1. The second kappa shape index (κ2) is 7.93. The zero-order valence-corrected chi connectivity index (χ0v) is 23.5. The van der Waals surface area contributed by atoms with Crippen LogP contribution in [0, 0.1) is 16.7 Å². The third-order valence-corrected chi connectivity index (χ3v) is 11.5. The van der Waals surface area contributed by atoms with Crippen LogP contribution in [-0.4, -0.2) is 67.9 Å². The molecule has 0 spiro atoms. The molecule has 0 aromatic heterocycles. The van der Waals surface area contributed by atoms with Gasteiger partial charge in [0.1, 0.15) is 11.1 Å². The van der Waals surface area contributed by atoms with Gasteiger partial charge < -0.3 is 10.2 Å². The van der Waals surface area contributed by atoms with Gasteiger partial charge in [-0.05, 0) is 99.5 Å². The van der Waals surface area contributed by atoms with Crippen molar-refractivity contribution in [1.29, 1.82) is 0 Å². The first-order valence-electron chi connectivity index (χ1n) is 13.3. The average molecular weight is 480 g/mol. The Morgan fingerprint density at radius 2 is 1.21 bits per heavy atom. The van der Waals surface area contributed by atoms with E-state index in [4.69, 9.17) is 0 Å². The highest BCUT2D eigenvalue weighted by atomic mass is 16.4. The summed E-state index contributed by atoms with van der Waals surface area (Å²) in [5, 5.41) is 21.5. The Labute approximate surface area is 207 Å². The summed E-state index contributed by atoms with van der Waals surface area (Å²) in [4.78, 5) is 28.8. The Balaban J connectivity index is 2.25. The number of hydrogen-bond donors (Lipinski definition) is 2. The molecule has 0 bridgehead atoms. The molecule has 0 unspecified atom stereocenters. The van der Waals surface area contributed by atoms with Crippen LogP contribution in [0.1, 0.15) is 113 Å². The Bertz CT molecular complexity index is 799. The lowest BCUT2D eigenvalue weighted by molar-refractivity contribution is -0.942. The number of amides is 1. The number of likely N-dealkylation sites (tertiary alicyclic amines) is 2. The van der Waals surface area contributed by atoms with Gasteiger partial charge in [-0.25, -0.2) is 4.48 Å². The molecule has 2 aliphatic heterocycles. The van der Waals surface area contributed by atoms with Gasteiger partial charge in [-0.1, -0.05) is 19.3 Å². The molecule has 0 atom stereocenters. The van der Waals surface area contributed by atoms with Crippen LogP contribution in [0.15, 0.2) is 0 Å². The maximum absolute atomic E-state index is 13.6. The number of carbonyl (C=O) groups is 2. The highest BCUT2D eigenvalue weighted by Crippen LogP contribution is 2.68. The van der Waals surface area contributed by atoms with Gasteiger partial charge in [0.2, 0.25) is 0 Å². The van der Waals surface area contributed by atoms with Crippen LogP contribution in [0.5, 0.6) is 0 Å². The van der Waals surface area contributed by atoms with Crippen LogP contribution in [0.25, 0.3) is 0 Å². The Morgan fingerprint density at radius 1 is 0.794 bits per heavy atom. The zero-order chi connectivity index (χ0) is 26.2. The molecule has 2 N–H and O–H groups in total. The zero-order valence-electron chi connectivity index (χ0n) is 23.5. The molecule has 34 heavy (non-hydrogen) atoms. The van der Waals surface area contributed by atoms with Gasteiger partial charge in [0, 0.05) is 23.9 Å². The highest BCUT2D eigenvalue weighted by molar-refractivity contribution is 5.77. The number of hydrogen-bond acceptors (Lipinski definition) is 3. The molecule has 1 saturated carbocycles. The fraction of sp³-hybridized carbons (Fsp3) is 0.929. The number of piperidine rings is 2. The Morgan fingerprint density at radius 3 is 1.56 bits per heavy atom. The van der Waals surface area contributed by atoms with Crippen molar-refractivity contribution in [3.8, 4) is 0 Å². The van der Waals surface area contributed by atoms with Crippen LogP contribution in [0.3, 0.4) is 0 Å². The van der Waals surface area contributed by atoms with Crippen molar-refractivity contribution >= 4 is 12.1 Å². The second-order valence-corrected chi connectivity index (χ2v) is 14.7. The molecule has 196 valence electrons. The van der Waals surface area contributed by atoms with E-state index in [2.05, 4.69) is 39.6 Å². The summed E-state index contributed by atoms with van der Waals surface area (Å²) in [6.07, 6.45) is 7.04. The first-order valence-corrected chi connectivity index (χ1v) is 13.3. The molecule has 1 aliphatic carbocycles. The number of carboxylic acid groups (broad SMARTS) is 2. The van der Waals surface area contributed by atoms with Gasteiger partial charge in [-0.2, -0.15) is 4.79 Å². The molecular formula is C28H51N2O4+. The minimum atomic E-state index is -0.944. The van der Waals surface area contributed by atoms with E-state index in [0.717, 1.165) is 44.9 Å². The summed E-state index contributed by atoms with van der Waals surface area (Å²) in [7, 11) is 4.00. The molecule has 1 amide bonds. The second-order valence-electron chi connectivity index (χ2n) is 14.7. The van der Waals surface area contributed by atoms with E-state index < -0.39 is 28.6 Å². The lowest BCUT2D eigenvalue weighted by Crippen LogP contribution is -2.79. The van der Waals surface area contributed by atoms with Crippen LogP contribution < -0.4 is 0 Å². The van der Waals surface area contributed by atoms with Crippen molar-refractivity contribution < 1.29 is 24.3 Å². The lowest BCUT2D eigenvalue weighted by atomic mass is 9.42. The molecule has 6 heteroatoms. The van der Waals surface area contributed by atoms with E-state index in [0.29, 0.717) is 18.8 Å². The van der Waals surface area contributed by atoms with Crippen LogP contribution in [0.4, 0.5) is 4.79 Å². The van der Waals surface area contributed by atoms with E-state index in [-0.39, 0.29) is 21.0 Å². The maximum Gasteiger partial charge on any atom is 0.514 e. The van der Waals surface area contributed by atoms with Crippen molar-refractivity contribution in [2.24, 2.45) is 16.7 Å². The molecule has 3 aliphatic rings. The van der Waals surface area contributed by atoms with Crippen LogP contribution >= 0.6 is 0 Å².